The van der Waals surface area contributed by atoms with Crippen molar-refractivity contribution >= 4 is 6.29 Å². The molecule has 1 aromatic heterocycles. The number of nitrogens with zero attached hydrogens (tertiary/aromatic N) is 1. The van der Waals surface area contributed by atoms with Gasteiger partial charge in [-0.2, -0.15) is 0 Å². The van der Waals surface area contributed by atoms with Crippen molar-refractivity contribution in [3.8, 4) is 0 Å². The van der Waals surface area contributed by atoms with Gasteiger partial charge in [-0.15, -0.1) is 0 Å². The summed E-state index contributed by atoms with van der Waals surface area (Å²) >= 11 is 0. The van der Waals surface area contributed by atoms with E-state index in [0.717, 1.165) is 42.5 Å². The van der Waals surface area contributed by atoms with Crippen LogP contribution in [0.3, 0.4) is 0 Å². The molecule has 1 heterocycles. The summed E-state index contributed by atoms with van der Waals surface area (Å²) in [6, 6.07) is 3.87. The molecule has 0 atom stereocenters. The molecule has 2 heteroatoms. The molecule has 15 heavy (non-hydrogen) atoms. The van der Waals surface area contributed by atoms with Gasteiger partial charge in [0, 0.05) is 11.3 Å². The van der Waals surface area contributed by atoms with Gasteiger partial charge in [0.15, 0.2) is 6.29 Å². The van der Waals surface area contributed by atoms with Crippen LogP contribution in [0.2, 0.25) is 0 Å². The molecule has 0 unspecified atom stereocenters. The Labute approximate surface area is 91.7 Å². The quantitative estimate of drug-likeness (QED) is 0.667. The number of hydrogen-bond acceptors (Lipinski definition) is 2. The van der Waals surface area contributed by atoms with Gasteiger partial charge in [-0.3, -0.25) is 9.78 Å². The number of rotatable bonds is 6. The van der Waals surface area contributed by atoms with E-state index in [2.05, 4.69) is 18.8 Å². The Hall–Kier alpha value is -1.18. The molecule has 0 amide bonds. The molecule has 0 saturated heterocycles. The van der Waals surface area contributed by atoms with Gasteiger partial charge in [0.05, 0.1) is 5.69 Å². The average Bonchev–Trinajstić information content (AvgIpc) is 2.27. The molecule has 82 valence electrons. The van der Waals surface area contributed by atoms with Gasteiger partial charge < -0.3 is 0 Å². The van der Waals surface area contributed by atoms with Crippen LogP contribution in [0.15, 0.2) is 12.1 Å². The van der Waals surface area contributed by atoms with Crippen molar-refractivity contribution < 1.29 is 4.79 Å². The molecule has 0 aliphatic carbocycles. The van der Waals surface area contributed by atoms with Crippen LogP contribution >= 0.6 is 0 Å². The SMILES string of the molecule is CCCCc1ccc(C=O)c(CCC)n1. The van der Waals surface area contributed by atoms with Crippen LogP contribution in [0, 0.1) is 0 Å². The van der Waals surface area contributed by atoms with Gasteiger partial charge in [0.25, 0.3) is 0 Å². The van der Waals surface area contributed by atoms with Crippen molar-refractivity contribution in [3.05, 3.63) is 29.1 Å². The summed E-state index contributed by atoms with van der Waals surface area (Å²) in [6.07, 6.45) is 6.20. The fourth-order valence-corrected chi connectivity index (χ4v) is 1.60. The van der Waals surface area contributed by atoms with Gasteiger partial charge in [-0.25, -0.2) is 0 Å². The molecule has 2 nitrogen and oxygen atoms in total. The Balaban J connectivity index is 2.83. The minimum Gasteiger partial charge on any atom is -0.298 e. The molecule has 0 aliphatic heterocycles. The number of unbranched alkanes of at least 4 members (excludes halogenated alkanes) is 1. The van der Waals surface area contributed by atoms with Crippen LogP contribution in [0.4, 0.5) is 0 Å². The molecule has 0 spiro atoms. The molecular weight excluding hydrogens is 186 g/mol. The topological polar surface area (TPSA) is 30.0 Å². The van der Waals surface area contributed by atoms with E-state index in [1.165, 1.54) is 12.8 Å². The highest BCUT2D eigenvalue weighted by atomic mass is 16.1. The first-order valence-corrected chi connectivity index (χ1v) is 5.75. The molecule has 0 fully saturated rings. The molecule has 1 aromatic rings. The fraction of sp³-hybridized carbons (Fsp3) is 0.538. The van der Waals surface area contributed by atoms with E-state index < -0.39 is 0 Å². The number of aryl methyl sites for hydroxylation is 2. The van der Waals surface area contributed by atoms with E-state index >= 15 is 0 Å². The van der Waals surface area contributed by atoms with Crippen molar-refractivity contribution in [2.45, 2.75) is 46.0 Å². The number of aromatic nitrogens is 1. The lowest BCUT2D eigenvalue weighted by molar-refractivity contribution is 0.112. The predicted molar refractivity (Wildman–Crippen MR) is 62.2 cm³/mol. The summed E-state index contributed by atoms with van der Waals surface area (Å²) in [7, 11) is 0. The number of aldehydes is 1. The highest BCUT2D eigenvalue weighted by Crippen LogP contribution is 2.10. The van der Waals surface area contributed by atoms with E-state index in [9.17, 15) is 4.79 Å². The summed E-state index contributed by atoms with van der Waals surface area (Å²) in [6.45, 7) is 4.28. The van der Waals surface area contributed by atoms with Gasteiger partial charge in [-0.05, 0) is 31.4 Å². The molecule has 1 rings (SSSR count). The average molecular weight is 205 g/mol. The van der Waals surface area contributed by atoms with Gasteiger partial charge in [0.2, 0.25) is 0 Å². The Morgan fingerprint density at radius 3 is 2.60 bits per heavy atom. The van der Waals surface area contributed by atoms with Crippen LogP contribution in [-0.2, 0) is 12.8 Å². The summed E-state index contributed by atoms with van der Waals surface area (Å²) in [5.41, 5.74) is 2.82. The molecule has 0 radical (unpaired) electrons. The first-order chi connectivity index (χ1) is 7.31. The Kier molecular flexibility index (Phi) is 5.02. The van der Waals surface area contributed by atoms with Gasteiger partial charge in [0.1, 0.15) is 0 Å². The summed E-state index contributed by atoms with van der Waals surface area (Å²) in [5, 5.41) is 0. The van der Waals surface area contributed by atoms with Crippen molar-refractivity contribution in [2.24, 2.45) is 0 Å². The second kappa shape index (κ2) is 6.33. The van der Waals surface area contributed by atoms with E-state index in [-0.39, 0.29) is 0 Å². The molecule has 0 bridgehead atoms. The lowest BCUT2D eigenvalue weighted by Crippen LogP contribution is -2.00. The smallest absolute Gasteiger partial charge is 0.151 e. The molecule has 0 aromatic carbocycles. The highest BCUT2D eigenvalue weighted by Gasteiger charge is 2.04. The zero-order valence-corrected chi connectivity index (χ0v) is 9.62. The predicted octanol–water partition coefficient (Wildman–Crippen LogP) is 3.19. The first-order valence-electron chi connectivity index (χ1n) is 5.75. The van der Waals surface area contributed by atoms with Crippen LogP contribution in [0.1, 0.15) is 54.9 Å². The minimum atomic E-state index is 0.747. The fourth-order valence-electron chi connectivity index (χ4n) is 1.60. The maximum absolute atomic E-state index is 10.8. The number of hydrogen-bond donors (Lipinski definition) is 0. The van der Waals surface area contributed by atoms with E-state index in [1.807, 2.05) is 12.1 Å². The highest BCUT2D eigenvalue weighted by molar-refractivity contribution is 5.76. The molecule has 0 aliphatic rings. The van der Waals surface area contributed by atoms with Gasteiger partial charge >= 0.3 is 0 Å². The molecular formula is C13H19NO. The van der Waals surface area contributed by atoms with Crippen LogP contribution in [0.5, 0.6) is 0 Å². The zero-order chi connectivity index (χ0) is 11.1. The third-order valence-electron chi connectivity index (χ3n) is 2.47. The van der Waals surface area contributed by atoms with Crippen molar-refractivity contribution in [3.63, 3.8) is 0 Å². The van der Waals surface area contributed by atoms with E-state index in [1.54, 1.807) is 0 Å². The normalized spacial score (nSPS) is 10.3. The minimum absolute atomic E-state index is 0.747. The van der Waals surface area contributed by atoms with E-state index in [4.69, 9.17) is 0 Å². The summed E-state index contributed by atoms with van der Waals surface area (Å²) in [5.74, 6) is 0. The van der Waals surface area contributed by atoms with Crippen LogP contribution < -0.4 is 0 Å². The third kappa shape index (κ3) is 3.46. The zero-order valence-electron chi connectivity index (χ0n) is 9.62. The Morgan fingerprint density at radius 2 is 2.00 bits per heavy atom. The monoisotopic (exact) mass is 205 g/mol. The Morgan fingerprint density at radius 1 is 1.20 bits per heavy atom. The Bertz CT molecular complexity index is 320. The maximum Gasteiger partial charge on any atom is 0.151 e. The molecule has 0 saturated carbocycles. The summed E-state index contributed by atoms with van der Waals surface area (Å²) < 4.78 is 0. The summed E-state index contributed by atoms with van der Waals surface area (Å²) in [4.78, 5) is 15.3. The van der Waals surface area contributed by atoms with Crippen molar-refractivity contribution in [1.82, 2.24) is 4.98 Å². The molecule has 0 N–H and O–H groups in total. The second-order valence-corrected chi connectivity index (χ2v) is 3.81. The number of pyridine rings is 1. The largest absolute Gasteiger partial charge is 0.298 e. The maximum atomic E-state index is 10.8. The first kappa shape index (κ1) is 11.9. The lowest BCUT2D eigenvalue weighted by atomic mass is 10.1. The van der Waals surface area contributed by atoms with Crippen molar-refractivity contribution in [2.75, 3.05) is 0 Å². The standard InChI is InChI=1S/C13H19NO/c1-3-5-7-12-9-8-11(10-15)13(14-12)6-4-2/h8-10H,3-7H2,1-2H3. The third-order valence-corrected chi connectivity index (χ3v) is 2.47. The number of carbonyl (C=O) groups is 1. The van der Waals surface area contributed by atoms with Gasteiger partial charge in [-0.1, -0.05) is 26.7 Å². The van der Waals surface area contributed by atoms with E-state index in [0.29, 0.717) is 0 Å². The van der Waals surface area contributed by atoms with Crippen molar-refractivity contribution in [1.29, 1.82) is 0 Å². The second-order valence-electron chi connectivity index (χ2n) is 3.81. The van der Waals surface area contributed by atoms with Crippen LogP contribution in [0.25, 0.3) is 0 Å². The van der Waals surface area contributed by atoms with Crippen LogP contribution in [-0.4, -0.2) is 11.3 Å². The number of carbonyl (C=O) groups excluding carboxylic acids is 1. The lowest BCUT2D eigenvalue weighted by Gasteiger charge is -2.05.